The van der Waals surface area contributed by atoms with E-state index in [-0.39, 0.29) is 12.1 Å². The van der Waals surface area contributed by atoms with Crippen LogP contribution in [-0.4, -0.2) is 6.04 Å². The van der Waals surface area contributed by atoms with Crippen LogP contribution in [0.5, 0.6) is 5.75 Å². The molecule has 3 rings (SSSR count). The first kappa shape index (κ1) is 14.4. The van der Waals surface area contributed by atoms with E-state index in [4.69, 9.17) is 22.1 Å². The smallest absolute Gasteiger partial charge is 0.139 e. The molecule has 2 nitrogen and oxygen atoms in total. The third-order valence-electron chi connectivity index (χ3n) is 3.43. The quantitative estimate of drug-likeness (QED) is 0.733. The summed E-state index contributed by atoms with van der Waals surface area (Å²) < 4.78 is 6.21. The van der Waals surface area contributed by atoms with Gasteiger partial charge in [0.25, 0.3) is 0 Å². The molecule has 3 aromatic rings. The number of hydrogen-bond donors (Lipinski definition) is 1. The minimum atomic E-state index is -0.166. The van der Waals surface area contributed by atoms with Crippen LogP contribution in [0.4, 0.5) is 0 Å². The molecule has 0 aliphatic rings. The molecule has 1 heterocycles. The van der Waals surface area contributed by atoms with Crippen LogP contribution < -0.4 is 10.5 Å². The Morgan fingerprint density at radius 3 is 2.52 bits per heavy atom. The van der Waals surface area contributed by atoms with Crippen LogP contribution in [0.3, 0.4) is 0 Å². The second-order valence-electron chi connectivity index (χ2n) is 5.05. The average molecular weight is 318 g/mol. The maximum atomic E-state index is 6.25. The largest absolute Gasteiger partial charge is 0.483 e. The van der Waals surface area contributed by atoms with E-state index >= 15 is 0 Å². The molecule has 0 fully saturated rings. The van der Waals surface area contributed by atoms with Crippen LogP contribution in [-0.2, 0) is 0 Å². The number of fused-ring (bicyclic) bond motifs is 1. The summed E-state index contributed by atoms with van der Waals surface area (Å²) in [6.45, 7) is 1.96. The van der Waals surface area contributed by atoms with Gasteiger partial charge in [-0.1, -0.05) is 35.9 Å². The molecule has 2 unspecified atom stereocenters. The summed E-state index contributed by atoms with van der Waals surface area (Å²) in [7, 11) is 0. The van der Waals surface area contributed by atoms with Gasteiger partial charge in [-0.3, -0.25) is 0 Å². The molecule has 0 radical (unpaired) electrons. The lowest BCUT2D eigenvalue weighted by Crippen LogP contribution is -2.28. The fraction of sp³-hybridized carbons (Fsp3) is 0.176. The molecule has 2 aromatic carbocycles. The molecule has 0 aliphatic carbocycles. The summed E-state index contributed by atoms with van der Waals surface area (Å²) >= 11 is 7.89. The molecular weight excluding hydrogens is 302 g/mol. The highest BCUT2D eigenvalue weighted by atomic mass is 35.5. The zero-order valence-electron chi connectivity index (χ0n) is 11.6. The fourth-order valence-electron chi connectivity index (χ4n) is 2.39. The van der Waals surface area contributed by atoms with Crippen molar-refractivity contribution in [2.75, 3.05) is 0 Å². The normalized spacial score (nSPS) is 14.0. The first-order chi connectivity index (χ1) is 10.2. The summed E-state index contributed by atoms with van der Waals surface area (Å²) in [5.74, 6) is 0.809. The van der Waals surface area contributed by atoms with Gasteiger partial charge < -0.3 is 10.5 Å². The third kappa shape index (κ3) is 2.91. The highest BCUT2D eigenvalue weighted by Gasteiger charge is 2.20. The molecule has 2 atom stereocenters. The number of rotatable bonds is 4. The predicted molar refractivity (Wildman–Crippen MR) is 90.3 cm³/mol. The zero-order chi connectivity index (χ0) is 14.8. The summed E-state index contributed by atoms with van der Waals surface area (Å²) in [6.07, 6.45) is -0.166. The van der Waals surface area contributed by atoms with Crippen LogP contribution in [0.15, 0.2) is 53.2 Å². The van der Waals surface area contributed by atoms with Crippen molar-refractivity contribution in [1.29, 1.82) is 0 Å². The number of benzene rings is 2. The van der Waals surface area contributed by atoms with E-state index in [2.05, 4.69) is 11.4 Å². The average Bonchev–Trinajstić information content (AvgIpc) is 3.00. The van der Waals surface area contributed by atoms with Gasteiger partial charge in [0.2, 0.25) is 0 Å². The second-order valence-corrected chi connectivity index (χ2v) is 6.23. The van der Waals surface area contributed by atoms with Crippen molar-refractivity contribution in [3.63, 3.8) is 0 Å². The maximum absolute atomic E-state index is 6.25. The minimum Gasteiger partial charge on any atom is -0.483 e. The van der Waals surface area contributed by atoms with Crippen molar-refractivity contribution in [2.24, 2.45) is 5.73 Å². The molecule has 1 aromatic heterocycles. The van der Waals surface area contributed by atoms with Crippen LogP contribution >= 0.6 is 22.9 Å². The monoisotopic (exact) mass is 317 g/mol. The lowest BCUT2D eigenvalue weighted by Gasteiger charge is -2.23. The molecular formula is C17H16ClNOS. The van der Waals surface area contributed by atoms with E-state index in [1.807, 2.05) is 48.7 Å². The van der Waals surface area contributed by atoms with Crippen molar-refractivity contribution in [3.05, 3.63) is 63.8 Å². The van der Waals surface area contributed by atoms with Crippen molar-refractivity contribution < 1.29 is 4.74 Å². The minimum absolute atomic E-state index is 0.103. The first-order valence-corrected chi connectivity index (χ1v) is 8.10. The second kappa shape index (κ2) is 6.06. The lowest BCUT2D eigenvalue weighted by molar-refractivity contribution is 0.183. The summed E-state index contributed by atoms with van der Waals surface area (Å²) in [4.78, 5) is 0. The van der Waals surface area contributed by atoms with Gasteiger partial charge >= 0.3 is 0 Å². The number of hydrogen-bond acceptors (Lipinski definition) is 3. The Balaban J connectivity index is 2.03. The number of nitrogens with two attached hydrogens (primary N) is 1. The van der Waals surface area contributed by atoms with Gasteiger partial charge in [-0.25, -0.2) is 0 Å². The van der Waals surface area contributed by atoms with E-state index in [0.717, 1.165) is 27.1 Å². The Bertz CT molecular complexity index is 740. The van der Waals surface area contributed by atoms with E-state index in [0.29, 0.717) is 0 Å². The molecule has 0 saturated heterocycles. The van der Waals surface area contributed by atoms with E-state index in [1.54, 1.807) is 11.3 Å². The van der Waals surface area contributed by atoms with Gasteiger partial charge in [-0.2, -0.15) is 11.3 Å². The maximum Gasteiger partial charge on any atom is 0.139 e. The Hall–Kier alpha value is -1.55. The molecule has 21 heavy (non-hydrogen) atoms. The van der Waals surface area contributed by atoms with Gasteiger partial charge in [-0.05, 0) is 35.9 Å². The first-order valence-electron chi connectivity index (χ1n) is 6.78. The number of ether oxygens (including phenoxy) is 1. The standard InChI is InChI=1S/C17H16ClNOS/c1-11(19)17(12-8-9-21-10-12)20-16-7-6-15(18)13-4-2-3-5-14(13)16/h2-11,17H,19H2,1H3. The zero-order valence-corrected chi connectivity index (χ0v) is 13.2. The molecule has 0 aliphatic heterocycles. The van der Waals surface area contributed by atoms with Gasteiger partial charge in [0.15, 0.2) is 0 Å². The van der Waals surface area contributed by atoms with E-state index in [9.17, 15) is 0 Å². The SMILES string of the molecule is CC(N)C(Oc1ccc(Cl)c2ccccc12)c1ccsc1. The highest BCUT2D eigenvalue weighted by Crippen LogP contribution is 2.34. The van der Waals surface area contributed by atoms with Gasteiger partial charge in [-0.15, -0.1) is 0 Å². The molecule has 2 N–H and O–H groups in total. The van der Waals surface area contributed by atoms with Gasteiger partial charge in [0.05, 0.1) is 0 Å². The lowest BCUT2D eigenvalue weighted by atomic mass is 10.1. The summed E-state index contributed by atoms with van der Waals surface area (Å²) in [5, 5.41) is 6.84. The van der Waals surface area contributed by atoms with Crippen LogP contribution in [0, 0.1) is 0 Å². The Morgan fingerprint density at radius 1 is 1.10 bits per heavy atom. The van der Waals surface area contributed by atoms with Crippen LogP contribution in [0.25, 0.3) is 10.8 Å². The molecule has 0 amide bonds. The summed E-state index contributed by atoms with van der Waals surface area (Å²) in [6, 6.07) is 13.7. The van der Waals surface area contributed by atoms with Crippen LogP contribution in [0.1, 0.15) is 18.6 Å². The predicted octanol–water partition coefficient (Wildman–Crippen LogP) is 5.02. The van der Waals surface area contributed by atoms with Gasteiger partial charge in [0, 0.05) is 27.4 Å². The molecule has 0 spiro atoms. The number of thiophene rings is 1. The van der Waals surface area contributed by atoms with Gasteiger partial charge in [0.1, 0.15) is 11.9 Å². The van der Waals surface area contributed by atoms with Crippen molar-refractivity contribution in [2.45, 2.75) is 19.1 Å². The molecule has 108 valence electrons. The summed E-state index contributed by atoms with van der Waals surface area (Å²) in [5.41, 5.74) is 7.21. The topological polar surface area (TPSA) is 35.2 Å². The van der Waals surface area contributed by atoms with E-state index in [1.165, 1.54) is 0 Å². The fourth-order valence-corrected chi connectivity index (χ4v) is 3.30. The highest BCUT2D eigenvalue weighted by molar-refractivity contribution is 7.07. The van der Waals surface area contributed by atoms with E-state index < -0.39 is 0 Å². The van der Waals surface area contributed by atoms with Crippen molar-refractivity contribution in [1.82, 2.24) is 0 Å². The molecule has 0 saturated carbocycles. The molecule has 0 bridgehead atoms. The Morgan fingerprint density at radius 2 is 1.86 bits per heavy atom. The van der Waals surface area contributed by atoms with Crippen molar-refractivity contribution in [3.8, 4) is 5.75 Å². The van der Waals surface area contributed by atoms with Crippen molar-refractivity contribution >= 4 is 33.7 Å². The third-order valence-corrected chi connectivity index (χ3v) is 4.47. The Kier molecular flexibility index (Phi) is 4.15. The van der Waals surface area contributed by atoms with Crippen LogP contribution in [0.2, 0.25) is 5.02 Å². The molecule has 4 heteroatoms. The Labute approximate surface area is 133 Å². The number of halogens is 1.